The summed E-state index contributed by atoms with van der Waals surface area (Å²) in [7, 11) is -2.87. The Morgan fingerprint density at radius 1 is 1.40 bits per heavy atom. The summed E-state index contributed by atoms with van der Waals surface area (Å²) in [5.41, 5.74) is 0. The summed E-state index contributed by atoms with van der Waals surface area (Å²) in [6.07, 6.45) is 0. The van der Waals surface area contributed by atoms with E-state index in [0.29, 0.717) is 0 Å². The van der Waals surface area contributed by atoms with Gasteiger partial charge in [-0.2, -0.15) is 0 Å². The second-order valence-corrected chi connectivity index (χ2v) is 0.758. The van der Waals surface area contributed by atoms with Crippen molar-refractivity contribution in [3.8, 4) is 0 Å². The van der Waals surface area contributed by atoms with Crippen LogP contribution in [0.5, 0.6) is 0 Å². The van der Waals surface area contributed by atoms with Gasteiger partial charge in [0.2, 0.25) is 0 Å². The molecule has 0 aliphatic carbocycles. The second kappa shape index (κ2) is 5.79. The average Bonchev–Trinajstić information content (AvgIpc) is 0.811. The van der Waals surface area contributed by atoms with Crippen LogP contribution >= 0.6 is 8.25 Å². The van der Waals surface area contributed by atoms with Gasteiger partial charge in [0.15, 0.2) is 0 Å². The van der Waals surface area contributed by atoms with Crippen molar-refractivity contribution in [1.29, 1.82) is 0 Å². The summed E-state index contributed by atoms with van der Waals surface area (Å²) in [5.74, 6) is 0. The minimum absolute atomic E-state index is 0. The van der Waals surface area contributed by atoms with Gasteiger partial charge in [0.05, 0.1) is 8.25 Å². The van der Waals surface area contributed by atoms with Crippen LogP contribution in [-0.4, -0.2) is 9.79 Å². The Bertz CT molecular complexity index is 29.9. The molecular weight excluding hydrogens is 118 g/mol. The Morgan fingerprint density at radius 2 is 1.40 bits per heavy atom. The van der Waals surface area contributed by atoms with Crippen LogP contribution in [0.25, 0.3) is 0 Å². The van der Waals surface area contributed by atoms with E-state index in [4.69, 9.17) is 14.4 Å². The molecule has 0 fully saturated rings. The first-order valence-corrected chi connectivity index (χ1v) is 1.75. The maximum Gasteiger partial charge on any atom is 1.00 e. The third-order valence-corrected chi connectivity index (χ3v) is 0. The molecule has 0 unspecified atom stereocenters. The van der Waals surface area contributed by atoms with E-state index in [2.05, 4.69) is 0 Å². The van der Waals surface area contributed by atoms with Crippen LogP contribution < -0.4 is 51.4 Å². The van der Waals surface area contributed by atoms with Crippen molar-refractivity contribution >= 4 is 8.25 Å². The van der Waals surface area contributed by atoms with Gasteiger partial charge in [-0.3, -0.25) is 0 Å². The summed E-state index contributed by atoms with van der Waals surface area (Å²) in [6, 6.07) is 0. The van der Waals surface area contributed by atoms with Crippen molar-refractivity contribution in [3.05, 3.63) is 0 Å². The van der Waals surface area contributed by atoms with E-state index in [0.717, 1.165) is 0 Å². The van der Waals surface area contributed by atoms with E-state index in [1.807, 2.05) is 0 Å². The van der Waals surface area contributed by atoms with E-state index in [1.54, 1.807) is 0 Å². The Kier molecular flexibility index (Phi) is 11.5. The van der Waals surface area contributed by atoms with Gasteiger partial charge in [-0.05, 0) is 0 Å². The molecule has 0 aromatic rings. The van der Waals surface area contributed by atoms with Gasteiger partial charge in [0.1, 0.15) is 0 Å². The van der Waals surface area contributed by atoms with Crippen molar-refractivity contribution in [2.75, 3.05) is 0 Å². The fourth-order valence-electron chi connectivity index (χ4n) is 0. The molecule has 26 valence electrons. The summed E-state index contributed by atoms with van der Waals surface area (Å²) in [4.78, 5) is 14.2. The predicted octanol–water partition coefficient (Wildman–Crippen LogP) is -3.37. The Morgan fingerprint density at radius 3 is 1.40 bits per heavy atom. The summed E-state index contributed by atoms with van der Waals surface area (Å²) in [5, 5.41) is 0. The first kappa shape index (κ1) is 9.92. The summed E-state index contributed by atoms with van der Waals surface area (Å²) >= 11 is 0. The average molecular weight is 120 g/mol. The zero-order chi connectivity index (χ0) is 3.58. The molecule has 0 aliphatic rings. The minimum atomic E-state index is -2.87. The van der Waals surface area contributed by atoms with Gasteiger partial charge in [-0.1, -0.05) is 0 Å². The topological polar surface area (TPSA) is 57.5 Å². The molecule has 5 heavy (non-hydrogen) atoms. The van der Waals surface area contributed by atoms with Crippen LogP contribution in [-0.2, 0) is 4.57 Å². The Labute approximate surface area is 72.8 Å². The van der Waals surface area contributed by atoms with Crippen LogP contribution in [0.1, 0.15) is 0 Å². The summed E-state index contributed by atoms with van der Waals surface area (Å²) in [6.45, 7) is 0. The summed E-state index contributed by atoms with van der Waals surface area (Å²) < 4.78 is 8.70. The van der Waals surface area contributed by atoms with Gasteiger partial charge in [-0.15, -0.1) is 0 Å². The van der Waals surface area contributed by atoms with E-state index < -0.39 is 8.25 Å². The molecule has 0 atom stereocenters. The standard InChI is InChI=1S/K.H2O3P/c;1-4(2)3/h;(H2,1,2,3)/q+1;-1. The zero-order valence-electron chi connectivity index (χ0n) is 2.75. The van der Waals surface area contributed by atoms with Crippen molar-refractivity contribution < 1.29 is 65.7 Å². The van der Waals surface area contributed by atoms with E-state index in [-0.39, 0.29) is 51.4 Å². The molecular formula is H2KO3P. The van der Waals surface area contributed by atoms with Crippen molar-refractivity contribution in [1.82, 2.24) is 0 Å². The molecule has 0 heterocycles. The number of hydrogen-bond donors (Lipinski definition) is 2. The van der Waals surface area contributed by atoms with Gasteiger partial charge >= 0.3 is 51.4 Å². The van der Waals surface area contributed by atoms with Crippen molar-refractivity contribution in [2.45, 2.75) is 0 Å². The fraction of sp³-hybridized carbons (Fsp3) is 0. The van der Waals surface area contributed by atoms with Crippen LogP contribution in [0.2, 0.25) is 0 Å². The molecule has 0 aromatic heterocycles. The zero-order valence-corrected chi connectivity index (χ0v) is 6.77. The minimum Gasteiger partial charge on any atom is -0.485 e. The van der Waals surface area contributed by atoms with Crippen LogP contribution in [0.4, 0.5) is 0 Å². The first-order chi connectivity index (χ1) is 1.73. The molecule has 0 saturated heterocycles. The van der Waals surface area contributed by atoms with E-state index in [9.17, 15) is 0 Å². The van der Waals surface area contributed by atoms with Crippen LogP contribution in [0.3, 0.4) is 0 Å². The maximum absolute atomic E-state index is 8.70. The molecule has 0 amide bonds. The monoisotopic (exact) mass is 120 g/mol. The quantitative estimate of drug-likeness (QED) is 0.259. The third kappa shape index (κ3) is 26.0. The van der Waals surface area contributed by atoms with Gasteiger partial charge < -0.3 is 14.4 Å². The Balaban J connectivity index is 0. The molecule has 0 aliphatic heterocycles. The largest absolute Gasteiger partial charge is 1.00 e. The second-order valence-electron chi connectivity index (χ2n) is 0.253. The van der Waals surface area contributed by atoms with E-state index in [1.165, 1.54) is 0 Å². The fourth-order valence-corrected chi connectivity index (χ4v) is 0. The van der Waals surface area contributed by atoms with Gasteiger partial charge in [0, 0.05) is 0 Å². The maximum atomic E-state index is 8.70. The molecule has 3 nitrogen and oxygen atoms in total. The first-order valence-electron chi connectivity index (χ1n) is 0.583. The molecule has 2 N–H and O–H groups in total. The molecule has 0 saturated carbocycles. The molecule has 0 radical (unpaired) electrons. The van der Waals surface area contributed by atoms with Gasteiger partial charge in [0.25, 0.3) is 0 Å². The smallest absolute Gasteiger partial charge is 0.485 e. The van der Waals surface area contributed by atoms with Crippen molar-refractivity contribution in [2.24, 2.45) is 0 Å². The van der Waals surface area contributed by atoms with Crippen molar-refractivity contribution in [3.63, 3.8) is 0 Å². The molecule has 0 bridgehead atoms. The van der Waals surface area contributed by atoms with Gasteiger partial charge in [-0.25, -0.2) is 0 Å². The SMILES string of the molecule is O=[P-](O)O.[K+]. The van der Waals surface area contributed by atoms with Crippen LogP contribution in [0, 0.1) is 0 Å². The third-order valence-electron chi connectivity index (χ3n) is 0. The molecule has 0 aromatic carbocycles. The number of hydrogen-bond acceptors (Lipinski definition) is 1. The predicted molar refractivity (Wildman–Crippen MR) is 12.0 cm³/mol. The Hall–Kier alpha value is 1.79. The number of rotatable bonds is 0. The van der Waals surface area contributed by atoms with Crippen LogP contribution in [0.15, 0.2) is 0 Å². The molecule has 5 heteroatoms. The van der Waals surface area contributed by atoms with E-state index >= 15 is 0 Å². The molecule has 0 spiro atoms. The normalized spacial score (nSPS) is 7.00. The molecule has 0 rings (SSSR count).